The number of carbonyl (C=O) groups excluding carboxylic acids is 2. The minimum atomic E-state index is -0.976. The van der Waals surface area contributed by atoms with Gasteiger partial charge in [0, 0.05) is 10.6 Å². The van der Waals surface area contributed by atoms with Crippen LogP contribution in [0.1, 0.15) is 43.9 Å². The molecule has 41 heavy (non-hydrogen) atoms. The number of ether oxygens (including phenoxy) is 3. The Kier molecular flexibility index (Phi) is 8.46. The summed E-state index contributed by atoms with van der Waals surface area (Å²) in [6.45, 7) is 5.01. The van der Waals surface area contributed by atoms with Crippen molar-refractivity contribution in [2.45, 2.75) is 32.7 Å². The van der Waals surface area contributed by atoms with E-state index in [2.05, 4.69) is 11.9 Å². The first-order valence-electron chi connectivity index (χ1n) is 13.3. The van der Waals surface area contributed by atoms with Gasteiger partial charge in [-0.05, 0) is 73.5 Å². The number of aromatic nitrogens is 1. The Balaban J connectivity index is 1.67. The maximum Gasteiger partial charge on any atom is 0.301 e. The Labute approximate surface area is 246 Å². The van der Waals surface area contributed by atoms with E-state index in [4.69, 9.17) is 25.8 Å². The average Bonchev–Trinajstić information content (AvgIpc) is 3.51. The number of unbranched alkanes of at least 4 members (excludes halogenated alkanes) is 1. The van der Waals surface area contributed by atoms with E-state index < -0.39 is 17.7 Å². The zero-order chi connectivity index (χ0) is 29.1. The van der Waals surface area contributed by atoms with Gasteiger partial charge in [0.25, 0.3) is 5.78 Å². The Hall–Kier alpha value is -4.08. The Morgan fingerprint density at radius 2 is 1.80 bits per heavy atom. The van der Waals surface area contributed by atoms with Crippen LogP contribution in [0, 0.1) is 0 Å². The number of methoxy groups -OCH3 is 1. The zero-order valence-electron chi connectivity index (χ0n) is 22.8. The zero-order valence-corrected chi connectivity index (χ0v) is 24.4. The second-order valence-electron chi connectivity index (χ2n) is 9.35. The minimum Gasteiger partial charge on any atom is -0.507 e. The molecule has 212 valence electrons. The van der Waals surface area contributed by atoms with Gasteiger partial charge in [0.15, 0.2) is 16.6 Å². The van der Waals surface area contributed by atoms with Crippen LogP contribution in [0.15, 0.2) is 66.2 Å². The molecule has 1 unspecified atom stereocenters. The number of amides is 1. The molecule has 0 spiro atoms. The molecule has 0 saturated carbocycles. The van der Waals surface area contributed by atoms with E-state index in [0.717, 1.165) is 17.5 Å². The average molecular weight is 593 g/mol. The topological polar surface area (TPSA) is 98.2 Å². The van der Waals surface area contributed by atoms with Gasteiger partial charge in [-0.2, -0.15) is 0 Å². The van der Waals surface area contributed by atoms with Crippen LogP contribution in [-0.4, -0.2) is 42.1 Å². The fourth-order valence-electron chi connectivity index (χ4n) is 4.66. The number of aliphatic hydroxyl groups excluding tert-OH is 1. The maximum absolute atomic E-state index is 13.6. The number of halogens is 1. The number of Topliss-reactive ketones (excluding diaryl/α,β-unsaturated/α-hetero) is 1. The highest BCUT2D eigenvalue weighted by molar-refractivity contribution is 7.22. The number of rotatable bonds is 10. The van der Waals surface area contributed by atoms with Gasteiger partial charge in [-0.25, -0.2) is 4.98 Å². The summed E-state index contributed by atoms with van der Waals surface area (Å²) < 4.78 is 17.9. The van der Waals surface area contributed by atoms with Crippen molar-refractivity contribution in [1.82, 2.24) is 4.98 Å². The summed E-state index contributed by atoms with van der Waals surface area (Å²) >= 11 is 7.31. The van der Waals surface area contributed by atoms with Gasteiger partial charge in [-0.1, -0.05) is 42.3 Å². The first-order chi connectivity index (χ1) is 19.9. The van der Waals surface area contributed by atoms with Crippen LogP contribution >= 0.6 is 22.9 Å². The number of ketones is 1. The summed E-state index contributed by atoms with van der Waals surface area (Å²) in [6, 6.07) is 16.1. The summed E-state index contributed by atoms with van der Waals surface area (Å²) in [4.78, 5) is 33.2. The van der Waals surface area contributed by atoms with Gasteiger partial charge in [0.05, 0.1) is 42.2 Å². The third-order valence-electron chi connectivity index (χ3n) is 6.69. The highest BCUT2D eigenvalue weighted by atomic mass is 35.5. The highest BCUT2D eigenvalue weighted by Crippen LogP contribution is 2.46. The quantitative estimate of drug-likeness (QED) is 0.0902. The van der Waals surface area contributed by atoms with Gasteiger partial charge >= 0.3 is 5.91 Å². The molecule has 1 amide bonds. The van der Waals surface area contributed by atoms with E-state index in [0.29, 0.717) is 57.3 Å². The third-order valence-corrected chi connectivity index (χ3v) is 7.96. The van der Waals surface area contributed by atoms with Gasteiger partial charge in [0.1, 0.15) is 11.5 Å². The standard InChI is InChI=1S/C31H29ClN2O6S/c1-4-6-15-40-23-14-9-19(16-24(23)38-3)27-26(28(35)18-7-10-20(32)11-8-18)29(36)30(37)34(27)31-33-22-13-12-21(39-5-2)17-25(22)41-31/h7-14,16-17,27,35H,4-6,15H2,1-3H3. The first-order valence-corrected chi connectivity index (χ1v) is 14.5. The SMILES string of the molecule is CCCCOc1ccc(C2C(=C(O)c3ccc(Cl)cc3)C(=O)C(=O)N2c2nc3ccc(OCC)cc3s2)cc1OC. The number of thiazole rings is 1. The lowest BCUT2D eigenvalue weighted by atomic mass is 9.95. The lowest BCUT2D eigenvalue weighted by molar-refractivity contribution is -0.132. The maximum atomic E-state index is 13.6. The molecule has 1 fully saturated rings. The van der Waals surface area contributed by atoms with E-state index in [1.807, 2.05) is 25.1 Å². The van der Waals surface area contributed by atoms with Crippen molar-refractivity contribution in [3.63, 3.8) is 0 Å². The van der Waals surface area contributed by atoms with Crippen molar-refractivity contribution in [1.29, 1.82) is 0 Å². The van der Waals surface area contributed by atoms with Crippen molar-refractivity contribution in [3.8, 4) is 17.2 Å². The summed E-state index contributed by atoms with van der Waals surface area (Å²) in [5.41, 5.74) is 1.50. The van der Waals surface area contributed by atoms with E-state index in [1.165, 1.54) is 23.3 Å². The number of fused-ring (bicyclic) bond motifs is 1. The molecular weight excluding hydrogens is 564 g/mol. The second kappa shape index (κ2) is 12.2. The molecule has 3 aromatic carbocycles. The Morgan fingerprint density at radius 3 is 2.51 bits per heavy atom. The van der Waals surface area contributed by atoms with Gasteiger partial charge in [0.2, 0.25) is 0 Å². The smallest absolute Gasteiger partial charge is 0.301 e. The number of anilines is 1. The highest BCUT2D eigenvalue weighted by Gasteiger charge is 2.48. The monoisotopic (exact) mass is 592 g/mol. The van der Waals surface area contributed by atoms with Crippen LogP contribution in [0.3, 0.4) is 0 Å². The predicted octanol–water partition coefficient (Wildman–Crippen LogP) is 7.16. The van der Waals surface area contributed by atoms with E-state index in [-0.39, 0.29) is 11.3 Å². The van der Waals surface area contributed by atoms with Crippen LogP contribution in [0.5, 0.6) is 17.2 Å². The van der Waals surface area contributed by atoms with E-state index in [9.17, 15) is 14.7 Å². The van der Waals surface area contributed by atoms with Crippen molar-refractivity contribution in [2.75, 3.05) is 25.2 Å². The van der Waals surface area contributed by atoms with Crippen LogP contribution in [0.4, 0.5) is 5.13 Å². The Bertz CT molecular complexity index is 1630. The molecule has 1 saturated heterocycles. The minimum absolute atomic E-state index is 0.0618. The molecule has 8 nitrogen and oxygen atoms in total. The lowest BCUT2D eigenvalue weighted by Gasteiger charge is -2.24. The van der Waals surface area contributed by atoms with Crippen molar-refractivity contribution in [3.05, 3.63) is 82.4 Å². The number of benzene rings is 3. The fraction of sp³-hybridized carbons (Fsp3) is 0.258. The van der Waals surface area contributed by atoms with E-state index >= 15 is 0 Å². The molecule has 1 atom stereocenters. The summed E-state index contributed by atoms with van der Waals surface area (Å²) in [6.07, 6.45) is 1.86. The van der Waals surface area contributed by atoms with Crippen LogP contribution in [0.2, 0.25) is 5.02 Å². The molecule has 2 heterocycles. The second-order valence-corrected chi connectivity index (χ2v) is 10.8. The predicted molar refractivity (Wildman–Crippen MR) is 160 cm³/mol. The molecule has 0 aliphatic carbocycles. The van der Waals surface area contributed by atoms with Crippen molar-refractivity contribution < 1.29 is 28.9 Å². The van der Waals surface area contributed by atoms with Gasteiger partial charge < -0.3 is 19.3 Å². The Morgan fingerprint density at radius 1 is 1.02 bits per heavy atom. The first kappa shape index (κ1) is 28.4. The lowest BCUT2D eigenvalue weighted by Crippen LogP contribution is -2.29. The fourth-order valence-corrected chi connectivity index (χ4v) is 5.81. The molecule has 0 radical (unpaired) electrons. The molecule has 0 bridgehead atoms. The molecule has 1 aliphatic heterocycles. The van der Waals surface area contributed by atoms with Crippen LogP contribution in [-0.2, 0) is 9.59 Å². The molecule has 10 heteroatoms. The number of nitrogens with zero attached hydrogens (tertiary/aromatic N) is 2. The molecule has 4 aromatic rings. The molecule has 1 N–H and O–H groups in total. The van der Waals surface area contributed by atoms with E-state index in [1.54, 1.807) is 42.5 Å². The van der Waals surface area contributed by atoms with Crippen molar-refractivity contribution >= 4 is 55.7 Å². The third kappa shape index (κ3) is 5.60. The number of carbonyl (C=O) groups is 2. The normalized spacial score (nSPS) is 16.4. The molecule has 1 aliphatic rings. The number of aliphatic hydroxyl groups is 1. The summed E-state index contributed by atoms with van der Waals surface area (Å²) in [7, 11) is 1.53. The van der Waals surface area contributed by atoms with Gasteiger partial charge in [-0.3, -0.25) is 14.5 Å². The summed E-state index contributed by atoms with van der Waals surface area (Å²) in [5, 5.41) is 12.2. The van der Waals surface area contributed by atoms with Crippen molar-refractivity contribution in [2.24, 2.45) is 0 Å². The summed E-state index contributed by atoms with van der Waals surface area (Å²) in [5.74, 6) is -0.255. The van der Waals surface area contributed by atoms with Crippen LogP contribution < -0.4 is 19.1 Å². The largest absolute Gasteiger partial charge is 0.507 e. The van der Waals surface area contributed by atoms with Crippen LogP contribution in [0.25, 0.3) is 16.0 Å². The molecule has 1 aromatic heterocycles. The molecular formula is C31H29ClN2O6S. The van der Waals surface area contributed by atoms with Gasteiger partial charge in [-0.15, -0.1) is 0 Å². The molecule has 5 rings (SSSR count). The number of hydrogen-bond acceptors (Lipinski definition) is 8. The number of hydrogen-bond donors (Lipinski definition) is 1.